The molecule has 4 nitrogen and oxygen atoms in total. The van der Waals surface area contributed by atoms with Gasteiger partial charge in [0.05, 0.1) is 5.56 Å². The van der Waals surface area contributed by atoms with Gasteiger partial charge in [-0.1, -0.05) is 0 Å². The maximum atomic E-state index is 12.0. The predicted molar refractivity (Wildman–Crippen MR) is 59.9 cm³/mol. The molecule has 1 amide bonds. The van der Waals surface area contributed by atoms with E-state index in [1.165, 1.54) is 0 Å². The quantitative estimate of drug-likeness (QED) is 0.761. The molecule has 0 aromatic carbocycles. The van der Waals surface area contributed by atoms with Crippen LogP contribution in [0.4, 0.5) is 0 Å². The molecule has 1 fully saturated rings. The highest BCUT2D eigenvalue weighted by molar-refractivity contribution is 5.93. The first-order valence-electron chi connectivity index (χ1n) is 5.58. The number of hydrogen-bond acceptors (Lipinski definition) is 3. The first-order valence-corrected chi connectivity index (χ1v) is 5.58. The zero-order valence-corrected chi connectivity index (χ0v) is 9.43. The van der Waals surface area contributed by atoms with Crippen molar-refractivity contribution in [1.82, 2.24) is 9.88 Å². The third-order valence-electron chi connectivity index (χ3n) is 2.82. The Morgan fingerprint density at radius 1 is 1.56 bits per heavy atom. The van der Waals surface area contributed by atoms with Crippen LogP contribution in [0.3, 0.4) is 0 Å². The number of hydrogen-bond donors (Lipinski definition) is 0. The number of rotatable bonds is 2. The minimum absolute atomic E-state index is 0.0278. The molecule has 0 saturated carbocycles. The number of aromatic nitrogens is 1. The smallest absolute Gasteiger partial charge is 0.257 e. The summed E-state index contributed by atoms with van der Waals surface area (Å²) in [6.45, 7) is 0.745. The van der Waals surface area contributed by atoms with Crippen molar-refractivity contribution >= 4 is 5.91 Å². The van der Waals surface area contributed by atoms with Gasteiger partial charge in [-0.3, -0.25) is 9.78 Å². The van der Waals surface area contributed by atoms with E-state index >= 15 is 0 Å². The summed E-state index contributed by atoms with van der Waals surface area (Å²) in [5.41, 5.74) is 0.610. The maximum absolute atomic E-state index is 12.0. The molecule has 1 saturated heterocycles. The Bertz CT molecular complexity index is 347. The van der Waals surface area contributed by atoms with E-state index in [2.05, 4.69) is 4.98 Å². The Kier molecular flexibility index (Phi) is 3.51. The van der Waals surface area contributed by atoms with E-state index in [1.807, 2.05) is 0 Å². The number of pyridine rings is 1. The van der Waals surface area contributed by atoms with Crippen LogP contribution in [0.1, 0.15) is 29.6 Å². The van der Waals surface area contributed by atoms with Gasteiger partial charge in [0.2, 0.25) is 0 Å². The van der Waals surface area contributed by atoms with Crippen molar-refractivity contribution in [2.24, 2.45) is 0 Å². The van der Waals surface area contributed by atoms with Crippen LogP contribution in [0.15, 0.2) is 24.5 Å². The first kappa shape index (κ1) is 11.1. The predicted octanol–water partition coefficient (Wildman–Crippen LogP) is 1.68. The fraction of sp³-hybridized carbons (Fsp3) is 0.500. The Balaban J connectivity index is 2.04. The SMILES string of the molecule is CN(C(=O)c1cccnc1)C1CCCCO1. The molecule has 2 rings (SSSR count). The summed E-state index contributed by atoms with van der Waals surface area (Å²) < 4.78 is 5.57. The van der Waals surface area contributed by atoms with Crippen molar-refractivity contribution in [3.05, 3.63) is 30.1 Å². The van der Waals surface area contributed by atoms with Crippen LogP contribution >= 0.6 is 0 Å². The van der Waals surface area contributed by atoms with Gasteiger partial charge >= 0.3 is 0 Å². The van der Waals surface area contributed by atoms with Gasteiger partial charge in [-0.25, -0.2) is 0 Å². The molecule has 4 heteroatoms. The number of carbonyl (C=O) groups is 1. The van der Waals surface area contributed by atoms with E-state index < -0.39 is 0 Å². The lowest BCUT2D eigenvalue weighted by Crippen LogP contribution is -2.40. The molecule has 86 valence electrons. The minimum Gasteiger partial charge on any atom is -0.358 e. The van der Waals surface area contributed by atoms with Gasteiger partial charge in [0, 0.05) is 26.0 Å². The van der Waals surface area contributed by atoms with Crippen LogP contribution in [0.5, 0.6) is 0 Å². The summed E-state index contributed by atoms with van der Waals surface area (Å²) >= 11 is 0. The van der Waals surface area contributed by atoms with Crippen LogP contribution < -0.4 is 0 Å². The lowest BCUT2D eigenvalue weighted by Gasteiger charge is -2.31. The lowest BCUT2D eigenvalue weighted by atomic mass is 10.1. The van der Waals surface area contributed by atoms with Gasteiger partial charge in [-0.2, -0.15) is 0 Å². The highest BCUT2D eigenvalue weighted by atomic mass is 16.5. The highest BCUT2D eigenvalue weighted by Crippen LogP contribution is 2.17. The largest absolute Gasteiger partial charge is 0.358 e. The van der Waals surface area contributed by atoms with Crippen molar-refractivity contribution in [2.75, 3.05) is 13.7 Å². The monoisotopic (exact) mass is 220 g/mol. The van der Waals surface area contributed by atoms with Crippen molar-refractivity contribution < 1.29 is 9.53 Å². The number of nitrogens with zero attached hydrogens (tertiary/aromatic N) is 2. The van der Waals surface area contributed by atoms with Crippen LogP contribution in [-0.4, -0.2) is 35.7 Å². The van der Waals surface area contributed by atoms with E-state index in [9.17, 15) is 4.79 Å². The van der Waals surface area contributed by atoms with Gasteiger partial charge in [0.1, 0.15) is 6.23 Å². The second-order valence-electron chi connectivity index (χ2n) is 3.98. The van der Waals surface area contributed by atoms with Crippen molar-refractivity contribution in [1.29, 1.82) is 0 Å². The van der Waals surface area contributed by atoms with Gasteiger partial charge in [0.25, 0.3) is 5.91 Å². The zero-order valence-electron chi connectivity index (χ0n) is 9.43. The molecule has 0 bridgehead atoms. The Labute approximate surface area is 95.2 Å². The molecule has 0 aliphatic carbocycles. The standard InChI is InChI=1S/C12H16N2O2/c1-14(11-6-2-3-8-16-11)12(15)10-5-4-7-13-9-10/h4-5,7,9,11H,2-3,6,8H2,1H3. The summed E-state index contributed by atoms with van der Waals surface area (Å²) in [4.78, 5) is 17.7. The van der Waals surface area contributed by atoms with Gasteiger partial charge < -0.3 is 9.64 Å². The fourth-order valence-corrected chi connectivity index (χ4v) is 1.85. The molecule has 1 unspecified atom stereocenters. The topological polar surface area (TPSA) is 42.4 Å². The molecule has 1 aliphatic heterocycles. The molecule has 1 aliphatic rings. The third kappa shape index (κ3) is 2.39. The maximum Gasteiger partial charge on any atom is 0.257 e. The summed E-state index contributed by atoms with van der Waals surface area (Å²) in [5, 5.41) is 0. The summed E-state index contributed by atoms with van der Waals surface area (Å²) in [7, 11) is 1.78. The summed E-state index contributed by atoms with van der Waals surface area (Å²) in [6.07, 6.45) is 6.29. The van der Waals surface area contributed by atoms with E-state index in [4.69, 9.17) is 4.74 Å². The number of ether oxygens (including phenoxy) is 1. The number of amides is 1. The van der Waals surface area contributed by atoms with E-state index in [-0.39, 0.29) is 12.1 Å². The van der Waals surface area contributed by atoms with E-state index in [1.54, 1.807) is 36.5 Å². The summed E-state index contributed by atoms with van der Waals surface area (Å²) in [5.74, 6) is -0.0278. The molecule has 2 heterocycles. The highest BCUT2D eigenvalue weighted by Gasteiger charge is 2.23. The second-order valence-corrected chi connectivity index (χ2v) is 3.98. The van der Waals surface area contributed by atoms with Crippen LogP contribution in [0.2, 0.25) is 0 Å². The zero-order chi connectivity index (χ0) is 11.4. The van der Waals surface area contributed by atoms with E-state index in [0.29, 0.717) is 5.56 Å². The number of carbonyl (C=O) groups excluding carboxylic acids is 1. The molecular weight excluding hydrogens is 204 g/mol. The van der Waals surface area contributed by atoms with Crippen molar-refractivity contribution in [2.45, 2.75) is 25.5 Å². The molecule has 16 heavy (non-hydrogen) atoms. The molecular formula is C12H16N2O2. The molecule has 0 N–H and O–H groups in total. The van der Waals surface area contributed by atoms with Gasteiger partial charge in [-0.05, 0) is 31.4 Å². The fourth-order valence-electron chi connectivity index (χ4n) is 1.85. The van der Waals surface area contributed by atoms with Crippen LogP contribution in [0.25, 0.3) is 0 Å². The molecule has 0 radical (unpaired) electrons. The minimum atomic E-state index is -0.0820. The first-order chi connectivity index (χ1) is 7.79. The van der Waals surface area contributed by atoms with Gasteiger partial charge in [0.15, 0.2) is 0 Å². The molecule has 1 atom stereocenters. The Morgan fingerprint density at radius 3 is 3.06 bits per heavy atom. The lowest BCUT2D eigenvalue weighted by molar-refractivity contribution is -0.0614. The average Bonchev–Trinajstić information content (AvgIpc) is 2.39. The van der Waals surface area contributed by atoms with Crippen molar-refractivity contribution in [3.63, 3.8) is 0 Å². The normalized spacial score (nSPS) is 20.4. The third-order valence-corrected chi connectivity index (χ3v) is 2.82. The Hall–Kier alpha value is -1.42. The molecule has 1 aromatic heterocycles. The van der Waals surface area contributed by atoms with Crippen molar-refractivity contribution in [3.8, 4) is 0 Å². The average molecular weight is 220 g/mol. The second kappa shape index (κ2) is 5.07. The van der Waals surface area contributed by atoms with Crippen LogP contribution in [0, 0.1) is 0 Å². The van der Waals surface area contributed by atoms with E-state index in [0.717, 1.165) is 25.9 Å². The molecule has 1 aromatic rings. The molecule has 0 spiro atoms. The van der Waals surface area contributed by atoms with Crippen LogP contribution in [-0.2, 0) is 4.74 Å². The summed E-state index contributed by atoms with van der Waals surface area (Å²) in [6, 6.07) is 3.54. The Morgan fingerprint density at radius 2 is 2.44 bits per heavy atom. The van der Waals surface area contributed by atoms with Gasteiger partial charge in [-0.15, -0.1) is 0 Å².